The maximum absolute atomic E-state index is 11.4. The summed E-state index contributed by atoms with van der Waals surface area (Å²) < 4.78 is 0. The zero-order valence-corrected chi connectivity index (χ0v) is 8.91. The largest absolute Gasteiger partial charge is 0.304 e. The van der Waals surface area contributed by atoms with Crippen LogP contribution in [0.2, 0.25) is 5.02 Å². The molecule has 0 aromatic carbocycles. The van der Waals surface area contributed by atoms with Crippen molar-refractivity contribution < 1.29 is 4.79 Å². The summed E-state index contributed by atoms with van der Waals surface area (Å²) in [6.45, 7) is 2.81. The lowest BCUT2D eigenvalue weighted by atomic mass is 10.4. The lowest BCUT2D eigenvalue weighted by Crippen LogP contribution is -2.22. The fraction of sp³-hybridized carbons (Fsp3) is 0.444. The Hall–Kier alpha value is -0.540. The second-order valence-corrected chi connectivity index (χ2v) is 4.78. The average molecular weight is 216 g/mol. The molecule has 1 fully saturated rings. The third-order valence-corrected chi connectivity index (χ3v) is 3.76. The van der Waals surface area contributed by atoms with Crippen molar-refractivity contribution in [3.63, 3.8) is 0 Å². The monoisotopic (exact) mass is 215 g/mol. The Morgan fingerprint density at radius 2 is 2.38 bits per heavy atom. The number of rotatable bonds is 1. The van der Waals surface area contributed by atoms with Crippen LogP contribution in [-0.2, 0) is 4.79 Å². The molecular formula is C9H10ClNOS. The van der Waals surface area contributed by atoms with E-state index in [-0.39, 0.29) is 5.91 Å². The van der Waals surface area contributed by atoms with Gasteiger partial charge in [0.1, 0.15) is 0 Å². The molecular weight excluding hydrogens is 206 g/mol. The van der Waals surface area contributed by atoms with Crippen molar-refractivity contribution in [2.45, 2.75) is 19.8 Å². The number of hydrogen-bond donors (Lipinski definition) is 0. The highest BCUT2D eigenvalue weighted by atomic mass is 35.5. The van der Waals surface area contributed by atoms with Crippen LogP contribution < -0.4 is 4.90 Å². The molecule has 0 N–H and O–H groups in total. The first-order valence-electron chi connectivity index (χ1n) is 4.25. The van der Waals surface area contributed by atoms with Crippen LogP contribution in [0.1, 0.15) is 17.7 Å². The number of carbonyl (C=O) groups is 1. The SMILES string of the molecule is Cc1sc(N2CCCC2=O)cc1Cl. The van der Waals surface area contributed by atoms with Crippen LogP contribution in [0.3, 0.4) is 0 Å². The molecule has 2 rings (SSSR count). The van der Waals surface area contributed by atoms with E-state index in [9.17, 15) is 4.79 Å². The van der Waals surface area contributed by atoms with Crippen LogP contribution >= 0.6 is 22.9 Å². The molecule has 4 heteroatoms. The van der Waals surface area contributed by atoms with Crippen LogP contribution in [0, 0.1) is 6.92 Å². The Labute approximate surface area is 86.1 Å². The Morgan fingerprint density at radius 1 is 1.62 bits per heavy atom. The van der Waals surface area contributed by atoms with E-state index in [0.29, 0.717) is 6.42 Å². The smallest absolute Gasteiger partial charge is 0.227 e. The normalized spacial score (nSPS) is 17.1. The predicted octanol–water partition coefficient (Wildman–Crippen LogP) is 2.84. The van der Waals surface area contributed by atoms with Gasteiger partial charge in [0.05, 0.1) is 10.0 Å². The Morgan fingerprint density at radius 3 is 2.85 bits per heavy atom. The van der Waals surface area contributed by atoms with Gasteiger partial charge in [-0.05, 0) is 19.4 Å². The summed E-state index contributed by atoms with van der Waals surface area (Å²) in [4.78, 5) is 14.3. The average Bonchev–Trinajstić information content (AvgIpc) is 2.60. The predicted molar refractivity (Wildman–Crippen MR) is 55.7 cm³/mol. The van der Waals surface area contributed by atoms with E-state index < -0.39 is 0 Å². The number of halogens is 1. The minimum Gasteiger partial charge on any atom is -0.304 e. The van der Waals surface area contributed by atoms with Crippen molar-refractivity contribution in [3.05, 3.63) is 16.0 Å². The number of thiophene rings is 1. The maximum Gasteiger partial charge on any atom is 0.227 e. The van der Waals surface area contributed by atoms with Gasteiger partial charge in [0.2, 0.25) is 5.91 Å². The van der Waals surface area contributed by atoms with Crippen LogP contribution in [0.5, 0.6) is 0 Å². The third kappa shape index (κ3) is 1.58. The number of hydrogen-bond acceptors (Lipinski definition) is 2. The maximum atomic E-state index is 11.4. The zero-order valence-electron chi connectivity index (χ0n) is 7.34. The van der Waals surface area contributed by atoms with E-state index in [0.717, 1.165) is 27.9 Å². The summed E-state index contributed by atoms with van der Waals surface area (Å²) in [6, 6.07) is 1.88. The first kappa shape index (κ1) is 9.03. The Bertz CT molecular complexity index is 328. The molecule has 0 unspecified atom stereocenters. The summed E-state index contributed by atoms with van der Waals surface area (Å²) in [5.74, 6) is 0.220. The molecule has 0 bridgehead atoms. The summed E-state index contributed by atoms with van der Waals surface area (Å²) >= 11 is 7.52. The lowest BCUT2D eigenvalue weighted by molar-refractivity contribution is -0.117. The molecule has 0 atom stereocenters. The molecule has 1 aliphatic rings. The van der Waals surface area contributed by atoms with E-state index in [1.165, 1.54) is 0 Å². The van der Waals surface area contributed by atoms with Gasteiger partial charge in [-0.1, -0.05) is 11.6 Å². The Balaban J connectivity index is 2.29. The van der Waals surface area contributed by atoms with Crippen molar-refractivity contribution in [3.8, 4) is 0 Å². The van der Waals surface area contributed by atoms with Crippen molar-refractivity contribution in [1.29, 1.82) is 0 Å². The summed E-state index contributed by atoms with van der Waals surface area (Å²) in [5.41, 5.74) is 0. The number of anilines is 1. The van der Waals surface area contributed by atoms with Gasteiger partial charge in [0.25, 0.3) is 0 Å². The van der Waals surface area contributed by atoms with Crippen LogP contribution in [0.15, 0.2) is 6.07 Å². The van der Waals surface area contributed by atoms with E-state index in [4.69, 9.17) is 11.6 Å². The van der Waals surface area contributed by atoms with Crippen LogP contribution in [-0.4, -0.2) is 12.5 Å². The molecule has 13 heavy (non-hydrogen) atoms. The van der Waals surface area contributed by atoms with Gasteiger partial charge in [-0.15, -0.1) is 11.3 Å². The minimum atomic E-state index is 0.220. The van der Waals surface area contributed by atoms with Crippen LogP contribution in [0.25, 0.3) is 0 Å². The van der Waals surface area contributed by atoms with Crippen molar-refractivity contribution in [1.82, 2.24) is 0 Å². The van der Waals surface area contributed by atoms with Gasteiger partial charge in [0, 0.05) is 17.8 Å². The second kappa shape index (κ2) is 3.31. The highest BCUT2D eigenvalue weighted by molar-refractivity contribution is 7.16. The minimum absolute atomic E-state index is 0.220. The van der Waals surface area contributed by atoms with Gasteiger partial charge < -0.3 is 4.90 Å². The van der Waals surface area contributed by atoms with E-state index in [1.54, 1.807) is 11.3 Å². The number of nitrogens with zero attached hydrogens (tertiary/aromatic N) is 1. The van der Waals surface area contributed by atoms with Gasteiger partial charge in [-0.2, -0.15) is 0 Å². The third-order valence-electron chi connectivity index (χ3n) is 2.18. The molecule has 1 amide bonds. The first-order chi connectivity index (χ1) is 6.18. The summed E-state index contributed by atoms with van der Waals surface area (Å²) in [7, 11) is 0. The molecule has 0 aliphatic carbocycles. The molecule has 1 saturated heterocycles. The summed E-state index contributed by atoms with van der Waals surface area (Å²) in [5, 5.41) is 1.75. The molecule has 1 aromatic rings. The van der Waals surface area contributed by atoms with Crippen molar-refractivity contribution in [2.75, 3.05) is 11.4 Å². The Kier molecular flexibility index (Phi) is 2.30. The van der Waals surface area contributed by atoms with E-state index in [2.05, 4.69) is 0 Å². The molecule has 0 spiro atoms. The van der Waals surface area contributed by atoms with Crippen LogP contribution in [0.4, 0.5) is 5.00 Å². The lowest BCUT2D eigenvalue weighted by Gasteiger charge is -2.11. The van der Waals surface area contributed by atoms with E-state index >= 15 is 0 Å². The molecule has 2 heterocycles. The quantitative estimate of drug-likeness (QED) is 0.706. The number of amides is 1. The van der Waals surface area contributed by atoms with Crippen molar-refractivity contribution >= 4 is 33.8 Å². The molecule has 0 saturated carbocycles. The highest BCUT2D eigenvalue weighted by Gasteiger charge is 2.23. The highest BCUT2D eigenvalue weighted by Crippen LogP contribution is 2.34. The number of carbonyl (C=O) groups excluding carboxylic acids is 1. The van der Waals surface area contributed by atoms with Gasteiger partial charge >= 0.3 is 0 Å². The standard InChI is InChI=1S/C9H10ClNOS/c1-6-7(10)5-9(13-6)11-4-2-3-8(11)12/h5H,2-4H2,1H3. The number of aryl methyl sites for hydroxylation is 1. The summed E-state index contributed by atoms with van der Waals surface area (Å²) in [6.07, 6.45) is 1.64. The fourth-order valence-corrected chi connectivity index (χ4v) is 2.69. The van der Waals surface area contributed by atoms with Gasteiger partial charge in [0.15, 0.2) is 0 Å². The molecule has 70 valence electrons. The topological polar surface area (TPSA) is 20.3 Å². The zero-order chi connectivity index (χ0) is 9.42. The van der Waals surface area contributed by atoms with Crippen molar-refractivity contribution in [2.24, 2.45) is 0 Å². The second-order valence-electron chi connectivity index (χ2n) is 3.14. The molecule has 1 aromatic heterocycles. The van der Waals surface area contributed by atoms with E-state index in [1.807, 2.05) is 17.9 Å². The first-order valence-corrected chi connectivity index (χ1v) is 5.44. The van der Waals surface area contributed by atoms with Gasteiger partial charge in [-0.3, -0.25) is 4.79 Å². The van der Waals surface area contributed by atoms with Gasteiger partial charge in [-0.25, -0.2) is 0 Å². The fourth-order valence-electron chi connectivity index (χ4n) is 1.46. The molecule has 1 aliphatic heterocycles. The molecule has 2 nitrogen and oxygen atoms in total. The molecule has 0 radical (unpaired) electrons.